The van der Waals surface area contributed by atoms with Crippen LogP contribution in [0.1, 0.15) is 25.0 Å². The van der Waals surface area contributed by atoms with E-state index in [4.69, 9.17) is 0 Å². The van der Waals surface area contributed by atoms with Gasteiger partial charge in [0.2, 0.25) is 0 Å². The standard InChI is InChI=1S/C43H33N/c1-43(2)38-23-13-11-22-37(38)41-39(43)29-33-19-9-10-21-36(33)42(41)44(34-27-25-31(26-28-34)30-15-5-3-6-16-30)40-24-14-12-20-35(40)32-17-7-4-8-18-32/h3-29H,1-2H3. The molecule has 0 atom stereocenters. The summed E-state index contributed by atoms with van der Waals surface area (Å²) >= 11 is 0. The molecule has 0 aromatic heterocycles. The lowest BCUT2D eigenvalue weighted by molar-refractivity contribution is 0.661. The molecule has 0 fully saturated rings. The molecule has 8 rings (SSSR count). The summed E-state index contributed by atoms with van der Waals surface area (Å²) in [4.78, 5) is 2.51. The molecule has 0 unspecified atom stereocenters. The first-order valence-electron chi connectivity index (χ1n) is 15.4. The zero-order valence-electron chi connectivity index (χ0n) is 25.0. The Morgan fingerprint density at radius 1 is 0.455 bits per heavy atom. The summed E-state index contributed by atoms with van der Waals surface area (Å²) in [6, 6.07) is 59.6. The van der Waals surface area contributed by atoms with E-state index in [-0.39, 0.29) is 5.41 Å². The van der Waals surface area contributed by atoms with Crippen molar-refractivity contribution in [3.63, 3.8) is 0 Å². The molecule has 0 radical (unpaired) electrons. The minimum absolute atomic E-state index is 0.119. The summed E-state index contributed by atoms with van der Waals surface area (Å²) in [5, 5.41) is 2.50. The minimum Gasteiger partial charge on any atom is -0.309 e. The Morgan fingerprint density at radius 3 is 1.77 bits per heavy atom. The van der Waals surface area contributed by atoms with Gasteiger partial charge in [0.05, 0.1) is 11.4 Å². The second kappa shape index (κ2) is 10.4. The Hall–Kier alpha value is -5.40. The molecule has 210 valence electrons. The maximum Gasteiger partial charge on any atom is 0.0621 e. The average molecular weight is 564 g/mol. The molecule has 0 aliphatic heterocycles. The van der Waals surface area contributed by atoms with Crippen molar-refractivity contribution < 1.29 is 0 Å². The fourth-order valence-corrected chi connectivity index (χ4v) is 7.07. The lowest BCUT2D eigenvalue weighted by Gasteiger charge is -2.32. The first kappa shape index (κ1) is 26.2. The lowest BCUT2D eigenvalue weighted by Crippen LogP contribution is -2.16. The van der Waals surface area contributed by atoms with Crippen molar-refractivity contribution in [1.82, 2.24) is 0 Å². The number of benzene rings is 7. The molecular weight excluding hydrogens is 530 g/mol. The number of hydrogen-bond donors (Lipinski definition) is 0. The van der Waals surface area contributed by atoms with Crippen LogP contribution in [-0.2, 0) is 5.41 Å². The number of hydrogen-bond acceptors (Lipinski definition) is 1. The van der Waals surface area contributed by atoms with Crippen LogP contribution in [0.15, 0.2) is 164 Å². The van der Waals surface area contributed by atoms with Gasteiger partial charge in [-0.2, -0.15) is 0 Å². The topological polar surface area (TPSA) is 3.24 Å². The van der Waals surface area contributed by atoms with Gasteiger partial charge in [0, 0.05) is 27.6 Å². The number of anilines is 3. The summed E-state index contributed by atoms with van der Waals surface area (Å²) < 4.78 is 0. The molecule has 0 saturated carbocycles. The van der Waals surface area contributed by atoms with Crippen LogP contribution in [0, 0.1) is 0 Å². The van der Waals surface area contributed by atoms with E-state index in [0.29, 0.717) is 0 Å². The summed E-state index contributed by atoms with van der Waals surface area (Å²) in [6.45, 7) is 4.74. The average Bonchev–Trinajstić information content (AvgIpc) is 3.32. The second-order valence-corrected chi connectivity index (χ2v) is 12.2. The van der Waals surface area contributed by atoms with E-state index in [9.17, 15) is 0 Å². The predicted molar refractivity (Wildman–Crippen MR) is 187 cm³/mol. The van der Waals surface area contributed by atoms with Crippen molar-refractivity contribution in [1.29, 1.82) is 0 Å². The fourth-order valence-electron chi connectivity index (χ4n) is 7.07. The number of nitrogens with zero attached hydrogens (tertiary/aromatic N) is 1. The Bertz CT molecular complexity index is 2120. The van der Waals surface area contributed by atoms with Crippen LogP contribution in [-0.4, -0.2) is 0 Å². The van der Waals surface area contributed by atoms with Crippen LogP contribution in [0.5, 0.6) is 0 Å². The molecule has 1 aliphatic carbocycles. The van der Waals surface area contributed by atoms with E-state index in [1.165, 1.54) is 61.0 Å². The van der Waals surface area contributed by atoms with Gasteiger partial charge < -0.3 is 4.90 Å². The van der Waals surface area contributed by atoms with Gasteiger partial charge in [-0.1, -0.05) is 153 Å². The van der Waals surface area contributed by atoms with Crippen molar-refractivity contribution in [3.8, 4) is 33.4 Å². The van der Waals surface area contributed by atoms with E-state index < -0.39 is 0 Å². The monoisotopic (exact) mass is 563 g/mol. The van der Waals surface area contributed by atoms with Crippen LogP contribution >= 0.6 is 0 Å². The van der Waals surface area contributed by atoms with Crippen molar-refractivity contribution in [2.45, 2.75) is 19.3 Å². The van der Waals surface area contributed by atoms with Gasteiger partial charge in [0.15, 0.2) is 0 Å². The Balaban J connectivity index is 1.47. The van der Waals surface area contributed by atoms with Gasteiger partial charge >= 0.3 is 0 Å². The van der Waals surface area contributed by atoms with Crippen molar-refractivity contribution >= 4 is 27.8 Å². The molecule has 0 heterocycles. The molecular formula is C43H33N. The molecule has 1 nitrogen and oxygen atoms in total. The number of fused-ring (bicyclic) bond motifs is 4. The molecule has 0 amide bonds. The van der Waals surface area contributed by atoms with Crippen LogP contribution in [0.3, 0.4) is 0 Å². The van der Waals surface area contributed by atoms with Gasteiger partial charge in [0.25, 0.3) is 0 Å². The van der Waals surface area contributed by atoms with Gasteiger partial charge in [-0.25, -0.2) is 0 Å². The normalized spacial score (nSPS) is 13.0. The SMILES string of the molecule is CC1(C)c2ccccc2-c2c1cc1ccccc1c2N(c1ccc(-c2ccccc2)cc1)c1ccccc1-c1ccccc1. The molecule has 0 saturated heterocycles. The minimum atomic E-state index is -0.119. The molecule has 0 bridgehead atoms. The molecule has 7 aromatic rings. The van der Waals surface area contributed by atoms with Crippen LogP contribution in [0.2, 0.25) is 0 Å². The number of para-hydroxylation sites is 1. The maximum absolute atomic E-state index is 2.51. The highest BCUT2D eigenvalue weighted by molar-refractivity contribution is 6.10. The first-order chi connectivity index (χ1) is 21.6. The van der Waals surface area contributed by atoms with E-state index in [1.54, 1.807) is 0 Å². The zero-order valence-corrected chi connectivity index (χ0v) is 25.0. The summed E-state index contributed by atoms with van der Waals surface area (Å²) in [6.07, 6.45) is 0. The summed E-state index contributed by atoms with van der Waals surface area (Å²) in [5.74, 6) is 0. The van der Waals surface area contributed by atoms with Crippen molar-refractivity contribution in [3.05, 3.63) is 175 Å². The largest absolute Gasteiger partial charge is 0.309 e. The van der Waals surface area contributed by atoms with E-state index in [2.05, 4.69) is 183 Å². The highest BCUT2D eigenvalue weighted by Crippen LogP contribution is 2.57. The molecule has 7 aromatic carbocycles. The lowest BCUT2D eigenvalue weighted by atomic mass is 9.81. The smallest absolute Gasteiger partial charge is 0.0621 e. The third-order valence-electron chi connectivity index (χ3n) is 9.25. The second-order valence-electron chi connectivity index (χ2n) is 12.2. The van der Waals surface area contributed by atoms with Crippen LogP contribution in [0.4, 0.5) is 17.1 Å². The van der Waals surface area contributed by atoms with E-state index >= 15 is 0 Å². The van der Waals surface area contributed by atoms with E-state index in [1.807, 2.05) is 0 Å². The Morgan fingerprint density at radius 2 is 1.02 bits per heavy atom. The molecule has 1 heteroatoms. The summed E-state index contributed by atoms with van der Waals surface area (Å²) in [5.41, 5.74) is 13.6. The third-order valence-corrected chi connectivity index (χ3v) is 9.25. The Kier molecular flexibility index (Phi) is 6.20. The van der Waals surface area contributed by atoms with Gasteiger partial charge in [0.1, 0.15) is 0 Å². The van der Waals surface area contributed by atoms with Crippen LogP contribution < -0.4 is 4.90 Å². The fraction of sp³-hybridized carbons (Fsp3) is 0.0698. The van der Waals surface area contributed by atoms with E-state index in [0.717, 1.165) is 11.4 Å². The highest BCUT2D eigenvalue weighted by Gasteiger charge is 2.39. The zero-order chi connectivity index (χ0) is 29.7. The predicted octanol–water partition coefficient (Wildman–Crippen LogP) is 11.9. The van der Waals surface area contributed by atoms with Crippen molar-refractivity contribution in [2.75, 3.05) is 4.90 Å². The van der Waals surface area contributed by atoms with Gasteiger partial charge in [-0.15, -0.1) is 0 Å². The highest BCUT2D eigenvalue weighted by atomic mass is 15.1. The van der Waals surface area contributed by atoms with Gasteiger partial charge in [-0.05, 0) is 63.0 Å². The molecule has 1 aliphatic rings. The van der Waals surface area contributed by atoms with Gasteiger partial charge in [-0.3, -0.25) is 0 Å². The first-order valence-corrected chi connectivity index (χ1v) is 15.4. The summed E-state index contributed by atoms with van der Waals surface area (Å²) in [7, 11) is 0. The van der Waals surface area contributed by atoms with Crippen LogP contribution in [0.25, 0.3) is 44.2 Å². The number of rotatable bonds is 5. The van der Waals surface area contributed by atoms with Crippen molar-refractivity contribution in [2.24, 2.45) is 0 Å². The molecule has 0 spiro atoms. The molecule has 0 N–H and O–H groups in total. The Labute approximate surface area is 259 Å². The quantitative estimate of drug-likeness (QED) is 0.201. The third kappa shape index (κ3) is 4.16. The maximum atomic E-state index is 2.51. The molecule has 44 heavy (non-hydrogen) atoms.